The Bertz CT molecular complexity index is 1410. The standard InChI is InChI=1S/C21H20ClN5O3S/c1-3-4-5-18-25-27-19(23)15(20(28)24-21(27)31-18)11-13-7-9-17(30-13)14-8-6-12(26-29-2)10-16(14)22/h6-11H,3-5,23H2,1-2H3. The summed E-state index contributed by atoms with van der Waals surface area (Å²) in [6.45, 7) is 2.12. The van der Waals surface area contributed by atoms with Gasteiger partial charge >= 0.3 is 0 Å². The third kappa shape index (κ3) is 4.33. The van der Waals surface area contributed by atoms with Gasteiger partial charge in [0, 0.05) is 12.0 Å². The average molecular weight is 458 g/mol. The van der Waals surface area contributed by atoms with Crippen LogP contribution in [-0.4, -0.2) is 27.4 Å². The summed E-state index contributed by atoms with van der Waals surface area (Å²) >= 11 is 7.73. The summed E-state index contributed by atoms with van der Waals surface area (Å²) in [6, 6.07) is 3.51. The second-order valence-corrected chi connectivity index (χ2v) is 8.24. The molecule has 3 heterocycles. The van der Waals surface area contributed by atoms with Crippen LogP contribution in [0.15, 0.2) is 49.8 Å². The Morgan fingerprint density at radius 3 is 2.97 bits per heavy atom. The van der Waals surface area contributed by atoms with Crippen LogP contribution in [0.4, 0.5) is 5.82 Å². The maximum Gasteiger partial charge on any atom is 0.283 e. The molecule has 10 heteroatoms. The molecule has 0 aliphatic heterocycles. The monoisotopic (exact) mass is 457 g/mol. The van der Waals surface area contributed by atoms with E-state index < -0.39 is 5.56 Å². The quantitative estimate of drug-likeness (QED) is 0.589. The van der Waals surface area contributed by atoms with E-state index in [0.717, 1.165) is 24.3 Å². The van der Waals surface area contributed by atoms with E-state index in [-0.39, 0.29) is 11.4 Å². The second kappa shape index (κ2) is 8.91. The van der Waals surface area contributed by atoms with Gasteiger partial charge in [0.1, 0.15) is 34.5 Å². The SMILES string of the molecule is CCCCc1nn2c(N)c(C=c3ccc(=C4C=CC(=NOC)C=C4Cl)o3)c(=O)nc2s1. The molecule has 3 aromatic heterocycles. The lowest BCUT2D eigenvalue weighted by Crippen LogP contribution is -2.18. The molecule has 0 radical (unpaired) electrons. The zero-order valence-corrected chi connectivity index (χ0v) is 18.5. The summed E-state index contributed by atoms with van der Waals surface area (Å²) in [5.41, 5.74) is 8.33. The number of halogens is 1. The van der Waals surface area contributed by atoms with Gasteiger partial charge in [-0.05, 0) is 42.9 Å². The minimum atomic E-state index is -0.426. The van der Waals surface area contributed by atoms with E-state index in [4.69, 9.17) is 26.6 Å². The van der Waals surface area contributed by atoms with Gasteiger partial charge in [-0.2, -0.15) is 14.6 Å². The van der Waals surface area contributed by atoms with E-state index in [2.05, 4.69) is 22.2 Å². The highest BCUT2D eigenvalue weighted by atomic mass is 35.5. The first-order chi connectivity index (χ1) is 15.0. The Hall–Kier alpha value is -3.17. The van der Waals surface area contributed by atoms with Crippen molar-refractivity contribution in [1.29, 1.82) is 0 Å². The third-order valence-corrected chi connectivity index (χ3v) is 5.89. The number of hydrogen-bond acceptors (Lipinski definition) is 8. The Labute approximate surface area is 186 Å². The molecule has 0 fully saturated rings. The largest absolute Gasteiger partial charge is 0.457 e. The first-order valence-corrected chi connectivity index (χ1v) is 10.9. The highest BCUT2D eigenvalue weighted by Gasteiger charge is 2.14. The molecule has 0 spiro atoms. The summed E-state index contributed by atoms with van der Waals surface area (Å²) in [7, 11) is 1.47. The number of allylic oxidation sites excluding steroid dienone is 4. The molecular weight excluding hydrogens is 438 g/mol. The van der Waals surface area contributed by atoms with Crippen molar-refractivity contribution in [1.82, 2.24) is 14.6 Å². The van der Waals surface area contributed by atoms with E-state index >= 15 is 0 Å². The number of anilines is 1. The molecule has 0 unspecified atom stereocenters. The van der Waals surface area contributed by atoms with E-state index in [9.17, 15) is 4.79 Å². The minimum absolute atomic E-state index is 0.228. The summed E-state index contributed by atoms with van der Waals surface area (Å²) < 4.78 is 7.40. The van der Waals surface area contributed by atoms with Crippen molar-refractivity contribution in [2.75, 3.05) is 12.8 Å². The van der Waals surface area contributed by atoms with Crippen LogP contribution in [0.5, 0.6) is 0 Å². The molecule has 160 valence electrons. The number of nitrogen functional groups attached to an aromatic ring is 1. The van der Waals surface area contributed by atoms with Crippen LogP contribution in [0.2, 0.25) is 0 Å². The van der Waals surface area contributed by atoms with Crippen molar-refractivity contribution in [3.05, 3.63) is 67.1 Å². The fourth-order valence-corrected chi connectivity index (χ4v) is 4.27. The average Bonchev–Trinajstić information content (AvgIpc) is 3.37. The van der Waals surface area contributed by atoms with Gasteiger partial charge in [0.05, 0.1) is 10.6 Å². The second-order valence-electron chi connectivity index (χ2n) is 6.79. The molecule has 0 bridgehead atoms. The molecule has 1 aliphatic carbocycles. The summed E-state index contributed by atoms with van der Waals surface area (Å²) in [6.07, 6.45) is 9.69. The maximum atomic E-state index is 12.6. The molecule has 31 heavy (non-hydrogen) atoms. The van der Waals surface area contributed by atoms with Gasteiger partial charge in [0.25, 0.3) is 5.56 Å². The zero-order valence-electron chi connectivity index (χ0n) is 17.0. The Kier molecular flexibility index (Phi) is 6.06. The molecule has 0 amide bonds. The van der Waals surface area contributed by atoms with Gasteiger partial charge in [-0.1, -0.05) is 41.4 Å². The maximum absolute atomic E-state index is 12.6. The highest BCUT2D eigenvalue weighted by Crippen LogP contribution is 2.21. The third-order valence-electron chi connectivity index (χ3n) is 4.61. The predicted molar refractivity (Wildman–Crippen MR) is 123 cm³/mol. The molecule has 0 saturated heterocycles. The van der Waals surface area contributed by atoms with Crippen molar-refractivity contribution in [3.8, 4) is 0 Å². The molecule has 0 saturated carbocycles. The van der Waals surface area contributed by atoms with Crippen LogP contribution < -0.4 is 22.1 Å². The van der Waals surface area contributed by atoms with Crippen LogP contribution >= 0.6 is 22.9 Å². The van der Waals surface area contributed by atoms with Crippen molar-refractivity contribution in [3.63, 3.8) is 0 Å². The Balaban J connectivity index is 1.76. The van der Waals surface area contributed by atoms with E-state index in [1.54, 1.807) is 36.4 Å². The number of nitrogens with two attached hydrogens (primary N) is 1. The fourth-order valence-electron chi connectivity index (χ4n) is 3.07. The Morgan fingerprint density at radius 2 is 2.23 bits per heavy atom. The number of rotatable bonds is 5. The molecule has 3 aromatic rings. The lowest BCUT2D eigenvalue weighted by Gasteiger charge is -2.05. The van der Waals surface area contributed by atoms with Gasteiger partial charge in [-0.3, -0.25) is 4.79 Å². The first kappa shape index (κ1) is 21.1. The molecule has 4 rings (SSSR count). The van der Waals surface area contributed by atoms with Gasteiger partial charge in [-0.25, -0.2) is 0 Å². The van der Waals surface area contributed by atoms with Crippen molar-refractivity contribution in [2.24, 2.45) is 5.16 Å². The van der Waals surface area contributed by atoms with Crippen LogP contribution in [0, 0.1) is 0 Å². The zero-order chi connectivity index (χ0) is 22.0. The molecule has 8 nitrogen and oxygen atoms in total. The number of hydrogen-bond donors (Lipinski definition) is 1. The topological polar surface area (TPSA) is 108 Å². The minimum Gasteiger partial charge on any atom is -0.457 e. The van der Waals surface area contributed by atoms with E-state index in [1.165, 1.54) is 23.0 Å². The van der Waals surface area contributed by atoms with Crippen molar-refractivity contribution in [2.45, 2.75) is 26.2 Å². The van der Waals surface area contributed by atoms with Crippen LogP contribution in [-0.2, 0) is 11.3 Å². The van der Waals surface area contributed by atoms with Crippen LogP contribution in [0.25, 0.3) is 16.6 Å². The summed E-state index contributed by atoms with van der Waals surface area (Å²) in [5.74, 6) is 0.232. The number of furan rings is 1. The van der Waals surface area contributed by atoms with E-state index in [0.29, 0.717) is 32.1 Å². The molecule has 1 aliphatic rings. The number of aryl methyl sites for hydroxylation is 1. The van der Waals surface area contributed by atoms with E-state index in [1.807, 2.05) is 0 Å². The lowest BCUT2D eigenvalue weighted by atomic mass is 10.1. The molecule has 0 aromatic carbocycles. The number of nitrogens with zero attached hydrogens (tertiary/aromatic N) is 4. The first-order valence-electron chi connectivity index (χ1n) is 9.67. The number of oxime groups is 1. The van der Waals surface area contributed by atoms with Gasteiger partial charge in [0.15, 0.2) is 0 Å². The van der Waals surface area contributed by atoms with Gasteiger partial charge in [-0.15, -0.1) is 0 Å². The summed E-state index contributed by atoms with van der Waals surface area (Å²) in [4.78, 5) is 21.9. The normalized spacial score (nSPS) is 17.6. The van der Waals surface area contributed by atoms with Crippen molar-refractivity contribution >= 4 is 51.1 Å². The van der Waals surface area contributed by atoms with Crippen LogP contribution in [0.1, 0.15) is 30.3 Å². The van der Waals surface area contributed by atoms with Crippen LogP contribution in [0.3, 0.4) is 0 Å². The fraction of sp³-hybridized carbons (Fsp3) is 0.238. The smallest absolute Gasteiger partial charge is 0.283 e. The van der Waals surface area contributed by atoms with Gasteiger partial charge in [0.2, 0.25) is 4.96 Å². The molecular formula is C21H20ClN5O3S. The molecule has 0 atom stereocenters. The van der Waals surface area contributed by atoms with Gasteiger partial charge < -0.3 is 15.0 Å². The number of aromatic nitrogens is 3. The highest BCUT2D eigenvalue weighted by molar-refractivity contribution is 7.16. The van der Waals surface area contributed by atoms with Crippen molar-refractivity contribution < 1.29 is 9.25 Å². The predicted octanol–water partition coefficient (Wildman–Crippen LogP) is 2.34. The number of unbranched alkanes of at least 4 members (excludes halogenated alkanes) is 1. The Morgan fingerprint density at radius 1 is 1.39 bits per heavy atom. The lowest BCUT2D eigenvalue weighted by molar-refractivity contribution is 0.214. The molecule has 2 N–H and O–H groups in total. The summed E-state index contributed by atoms with van der Waals surface area (Å²) in [5, 5.41) is 9.71. The number of fused-ring (bicyclic) bond motifs is 1.